The first-order chi connectivity index (χ1) is 24.6. The zero-order valence-electron chi connectivity index (χ0n) is 30.1. The molecular formula is C37H53F4N5O6. The van der Waals surface area contributed by atoms with Gasteiger partial charge in [-0.2, -0.15) is 5.26 Å². The van der Waals surface area contributed by atoms with Crippen molar-refractivity contribution in [3.8, 4) is 6.07 Å². The van der Waals surface area contributed by atoms with Crippen molar-refractivity contribution in [2.75, 3.05) is 45.9 Å². The highest BCUT2D eigenvalue weighted by Crippen LogP contribution is 2.54. The molecule has 8 rings (SSSR count). The molecule has 2 amide bonds. The van der Waals surface area contributed by atoms with Crippen LogP contribution in [0, 0.1) is 22.2 Å². The number of unbranched alkanes of at least 4 members (excludes halogenated alkanes) is 3. The number of likely N-dealkylation sites (tertiary alicyclic amines) is 2. The molecule has 2 saturated heterocycles. The van der Waals surface area contributed by atoms with Crippen molar-refractivity contribution >= 4 is 23.8 Å². The lowest BCUT2D eigenvalue weighted by molar-refractivity contribution is -0.165. The maximum Gasteiger partial charge on any atom is 0.312 e. The van der Waals surface area contributed by atoms with E-state index in [-0.39, 0.29) is 55.0 Å². The summed E-state index contributed by atoms with van der Waals surface area (Å²) in [6.07, 6.45) is 10.5. The summed E-state index contributed by atoms with van der Waals surface area (Å²) in [6, 6.07) is 0.695. The lowest BCUT2D eigenvalue weighted by Gasteiger charge is -2.52. The van der Waals surface area contributed by atoms with Crippen LogP contribution in [0.5, 0.6) is 0 Å². The van der Waals surface area contributed by atoms with Crippen LogP contribution in [0.15, 0.2) is 0 Å². The molecule has 52 heavy (non-hydrogen) atoms. The molecule has 8 fully saturated rings. The lowest BCUT2D eigenvalue weighted by Crippen LogP contribution is -2.59. The molecular weight excluding hydrogens is 686 g/mol. The van der Waals surface area contributed by atoms with Crippen LogP contribution >= 0.6 is 0 Å². The van der Waals surface area contributed by atoms with E-state index in [9.17, 15) is 42.0 Å². The smallest absolute Gasteiger partial charge is 0.312 e. The molecule has 2 heterocycles. The van der Waals surface area contributed by atoms with Crippen molar-refractivity contribution < 1.29 is 46.2 Å². The minimum Gasteiger partial charge on any atom is -0.465 e. The van der Waals surface area contributed by atoms with Gasteiger partial charge < -0.3 is 29.9 Å². The highest BCUT2D eigenvalue weighted by Gasteiger charge is 2.55. The first kappa shape index (κ1) is 38.7. The second kappa shape index (κ2) is 15.0. The molecule has 6 aliphatic carbocycles. The SMILES string of the molecule is N#CC1CC(F)(F)CN1C(=O)CNC12CCC(C(=O)OCCCCCCOC(=O)C34CCC(NCC(=O)N5CCC(F)(F)C5)(CC3)CC4)(CC1)CC2. The Morgan fingerprint density at radius 1 is 0.635 bits per heavy atom. The Hall–Kier alpha value is -2.99. The lowest BCUT2D eigenvalue weighted by atomic mass is 9.57. The average Bonchev–Trinajstić information content (AvgIpc) is 3.69. The summed E-state index contributed by atoms with van der Waals surface area (Å²) < 4.78 is 66.0. The van der Waals surface area contributed by atoms with E-state index >= 15 is 0 Å². The molecule has 8 aliphatic rings. The Bertz CT molecular complexity index is 1370. The topological polar surface area (TPSA) is 141 Å². The Kier molecular flexibility index (Phi) is 11.2. The van der Waals surface area contributed by atoms with E-state index in [4.69, 9.17) is 9.47 Å². The van der Waals surface area contributed by atoms with Crippen molar-refractivity contribution in [2.24, 2.45) is 10.8 Å². The average molecular weight is 740 g/mol. The number of esters is 2. The van der Waals surface area contributed by atoms with Crippen molar-refractivity contribution in [1.82, 2.24) is 20.4 Å². The number of nitrogens with one attached hydrogen (secondary N) is 2. The molecule has 4 bridgehead atoms. The third kappa shape index (κ3) is 8.37. The summed E-state index contributed by atoms with van der Waals surface area (Å²) in [6.45, 7) is -0.559. The fourth-order valence-electron chi connectivity index (χ4n) is 9.59. The predicted molar refractivity (Wildman–Crippen MR) is 179 cm³/mol. The van der Waals surface area contributed by atoms with Crippen LogP contribution in [0.2, 0.25) is 0 Å². The van der Waals surface area contributed by atoms with E-state index in [1.165, 1.54) is 4.90 Å². The van der Waals surface area contributed by atoms with Gasteiger partial charge in [-0.1, -0.05) is 0 Å². The molecule has 290 valence electrons. The van der Waals surface area contributed by atoms with Crippen LogP contribution in [0.25, 0.3) is 0 Å². The Morgan fingerprint density at radius 2 is 1.10 bits per heavy atom. The van der Waals surface area contributed by atoms with Crippen LogP contribution in [0.4, 0.5) is 17.6 Å². The molecule has 2 N–H and O–H groups in total. The van der Waals surface area contributed by atoms with Gasteiger partial charge in [-0.25, -0.2) is 17.6 Å². The Balaban J connectivity index is 0.808. The third-order valence-corrected chi connectivity index (χ3v) is 13.4. The summed E-state index contributed by atoms with van der Waals surface area (Å²) >= 11 is 0. The number of hydrogen-bond acceptors (Lipinski definition) is 9. The van der Waals surface area contributed by atoms with Gasteiger partial charge in [0.2, 0.25) is 11.8 Å². The number of fused-ring (bicyclic) bond motifs is 6. The number of amides is 2. The summed E-state index contributed by atoms with van der Waals surface area (Å²) in [5.74, 6) is -6.98. The van der Waals surface area contributed by atoms with Gasteiger partial charge in [0.1, 0.15) is 6.04 Å². The van der Waals surface area contributed by atoms with E-state index in [2.05, 4.69) is 10.6 Å². The fraction of sp³-hybridized carbons (Fsp3) is 0.865. The summed E-state index contributed by atoms with van der Waals surface area (Å²) in [5, 5.41) is 15.8. The Labute approximate surface area is 302 Å². The van der Waals surface area contributed by atoms with E-state index in [0.29, 0.717) is 77.4 Å². The van der Waals surface area contributed by atoms with Gasteiger partial charge in [0.15, 0.2) is 0 Å². The number of carbonyl (C=O) groups is 4. The standard InChI is InChI=1S/C37H53F4N5O6/c38-36(39)17-18-45(25-36)28(47)23-43-34-11-5-32(6-12-34,7-13-34)30(49)51-19-3-1-2-4-20-52-31(50)33-8-14-35(15-9-33,16-10-33)44-24-29(48)46-26-37(40,41)21-27(46)22-42/h27,43-44H,1-21,23-26H2. The third-order valence-electron chi connectivity index (χ3n) is 13.4. The van der Waals surface area contributed by atoms with E-state index in [0.717, 1.165) is 43.4 Å². The van der Waals surface area contributed by atoms with Gasteiger partial charge in [-0.05, 0) is 103 Å². The summed E-state index contributed by atoms with van der Waals surface area (Å²) in [7, 11) is 0. The summed E-state index contributed by atoms with van der Waals surface area (Å²) in [4.78, 5) is 53.6. The summed E-state index contributed by atoms with van der Waals surface area (Å²) in [5.41, 5.74) is -1.56. The number of ether oxygens (including phenoxy) is 2. The molecule has 0 radical (unpaired) electrons. The monoisotopic (exact) mass is 739 g/mol. The number of alkyl halides is 4. The van der Waals surface area contributed by atoms with Crippen LogP contribution in [0.1, 0.15) is 116 Å². The quantitative estimate of drug-likeness (QED) is 0.140. The molecule has 1 atom stereocenters. The number of carbonyl (C=O) groups excluding carboxylic acids is 4. The first-order valence-electron chi connectivity index (χ1n) is 19.2. The molecule has 1 unspecified atom stereocenters. The molecule has 0 aromatic rings. The first-order valence-corrected chi connectivity index (χ1v) is 19.2. The fourth-order valence-corrected chi connectivity index (χ4v) is 9.59. The molecule has 0 aromatic carbocycles. The molecule has 2 aliphatic heterocycles. The Morgan fingerprint density at radius 3 is 1.52 bits per heavy atom. The van der Waals surface area contributed by atoms with E-state index < -0.39 is 54.1 Å². The van der Waals surface area contributed by atoms with Gasteiger partial charge in [-0.15, -0.1) is 0 Å². The van der Waals surface area contributed by atoms with Crippen molar-refractivity contribution in [2.45, 2.75) is 145 Å². The number of rotatable bonds is 15. The maximum absolute atomic E-state index is 13.8. The van der Waals surface area contributed by atoms with E-state index in [1.807, 2.05) is 6.07 Å². The second-order valence-corrected chi connectivity index (χ2v) is 16.7. The molecule has 6 saturated carbocycles. The van der Waals surface area contributed by atoms with Crippen molar-refractivity contribution in [1.29, 1.82) is 5.26 Å². The predicted octanol–water partition coefficient (Wildman–Crippen LogP) is 4.63. The molecule has 0 spiro atoms. The highest BCUT2D eigenvalue weighted by molar-refractivity contribution is 5.80. The number of nitrogens with zero attached hydrogens (tertiary/aromatic N) is 3. The second-order valence-electron chi connectivity index (χ2n) is 16.7. The molecule has 15 heteroatoms. The van der Waals surface area contributed by atoms with Crippen LogP contribution in [-0.2, 0) is 28.7 Å². The van der Waals surface area contributed by atoms with Gasteiger partial charge >= 0.3 is 11.9 Å². The highest BCUT2D eigenvalue weighted by atomic mass is 19.3. The van der Waals surface area contributed by atoms with Gasteiger partial charge in [-0.3, -0.25) is 19.2 Å². The van der Waals surface area contributed by atoms with Gasteiger partial charge in [0, 0.05) is 30.5 Å². The van der Waals surface area contributed by atoms with Crippen LogP contribution < -0.4 is 10.6 Å². The van der Waals surface area contributed by atoms with Gasteiger partial charge in [0.05, 0.1) is 56.3 Å². The van der Waals surface area contributed by atoms with Crippen LogP contribution in [-0.4, -0.2) is 108 Å². The number of halogens is 4. The maximum atomic E-state index is 13.8. The normalized spacial score (nSPS) is 34.2. The zero-order chi connectivity index (χ0) is 37.3. The zero-order valence-corrected chi connectivity index (χ0v) is 30.1. The van der Waals surface area contributed by atoms with Crippen LogP contribution in [0.3, 0.4) is 0 Å². The minimum absolute atomic E-state index is 0.0398. The van der Waals surface area contributed by atoms with Crippen molar-refractivity contribution in [3.05, 3.63) is 0 Å². The van der Waals surface area contributed by atoms with Crippen molar-refractivity contribution in [3.63, 3.8) is 0 Å². The van der Waals surface area contributed by atoms with E-state index in [1.54, 1.807) is 0 Å². The minimum atomic E-state index is -3.05. The largest absolute Gasteiger partial charge is 0.465 e. The molecule has 11 nitrogen and oxygen atoms in total. The number of nitriles is 1. The van der Waals surface area contributed by atoms with Gasteiger partial charge in [0.25, 0.3) is 11.8 Å². The molecule has 0 aromatic heterocycles. The number of hydrogen-bond donors (Lipinski definition) is 2.